The van der Waals surface area contributed by atoms with Crippen molar-refractivity contribution >= 4 is 10.0 Å². The summed E-state index contributed by atoms with van der Waals surface area (Å²) >= 11 is 0. The topological polar surface area (TPSA) is 62.6 Å². The van der Waals surface area contributed by atoms with Gasteiger partial charge >= 0.3 is 0 Å². The molecule has 0 saturated carbocycles. The Morgan fingerprint density at radius 3 is 2.89 bits per heavy atom. The summed E-state index contributed by atoms with van der Waals surface area (Å²) in [5.41, 5.74) is 0. The van der Waals surface area contributed by atoms with Crippen LogP contribution < -0.4 is 5.32 Å². The fraction of sp³-hybridized carbons (Fsp3) is 0.538. The second-order valence-corrected chi connectivity index (χ2v) is 6.39. The standard InChI is InChI=1S/C13H20N2O3S/c1-2-8-14-11-12-6-7-13(18-12)19(16,17)15-9-4-3-5-10-15/h3-4,6-7,14H,2,5,8-11H2,1H3. The molecule has 1 aromatic heterocycles. The number of hydrogen-bond donors (Lipinski definition) is 1. The van der Waals surface area contributed by atoms with Crippen LogP contribution in [0.1, 0.15) is 25.5 Å². The Hall–Kier alpha value is -1.11. The Balaban J connectivity index is 2.06. The van der Waals surface area contributed by atoms with Gasteiger partial charge < -0.3 is 9.73 Å². The van der Waals surface area contributed by atoms with Crippen LogP contribution >= 0.6 is 0 Å². The maximum Gasteiger partial charge on any atom is 0.276 e. The van der Waals surface area contributed by atoms with E-state index in [-0.39, 0.29) is 5.09 Å². The second-order valence-electron chi connectivity index (χ2n) is 4.52. The van der Waals surface area contributed by atoms with Crippen LogP contribution in [0.3, 0.4) is 0 Å². The first-order chi connectivity index (χ1) is 9.14. The Morgan fingerprint density at radius 1 is 1.37 bits per heavy atom. The molecule has 0 aromatic carbocycles. The predicted octanol–water partition coefficient (Wildman–Crippen LogP) is 1.73. The van der Waals surface area contributed by atoms with Gasteiger partial charge in [0.1, 0.15) is 5.76 Å². The SMILES string of the molecule is CCCNCc1ccc(S(=O)(=O)N2CC=CCC2)o1. The van der Waals surface area contributed by atoms with Crippen molar-refractivity contribution in [3.05, 3.63) is 30.0 Å². The molecule has 2 heterocycles. The molecule has 106 valence electrons. The van der Waals surface area contributed by atoms with Crippen LogP contribution in [-0.4, -0.2) is 32.4 Å². The number of furan rings is 1. The van der Waals surface area contributed by atoms with Crippen molar-refractivity contribution in [2.75, 3.05) is 19.6 Å². The van der Waals surface area contributed by atoms with Crippen molar-refractivity contribution in [3.8, 4) is 0 Å². The van der Waals surface area contributed by atoms with Gasteiger partial charge in [0.2, 0.25) is 5.09 Å². The number of nitrogens with zero attached hydrogens (tertiary/aromatic N) is 1. The van der Waals surface area contributed by atoms with E-state index in [1.54, 1.807) is 6.07 Å². The largest absolute Gasteiger partial charge is 0.447 e. The van der Waals surface area contributed by atoms with E-state index in [2.05, 4.69) is 12.2 Å². The van der Waals surface area contributed by atoms with Gasteiger partial charge in [0.05, 0.1) is 6.54 Å². The summed E-state index contributed by atoms with van der Waals surface area (Å²) in [5.74, 6) is 0.652. The highest BCUT2D eigenvalue weighted by Gasteiger charge is 2.27. The molecule has 1 aliphatic heterocycles. The average molecular weight is 284 g/mol. The van der Waals surface area contributed by atoms with Gasteiger partial charge in [0, 0.05) is 13.1 Å². The number of nitrogens with one attached hydrogen (secondary N) is 1. The molecule has 0 atom stereocenters. The zero-order valence-electron chi connectivity index (χ0n) is 11.1. The summed E-state index contributed by atoms with van der Waals surface area (Å²) in [7, 11) is -3.48. The Morgan fingerprint density at radius 2 is 2.21 bits per heavy atom. The highest BCUT2D eigenvalue weighted by atomic mass is 32.2. The van der Waals surface area contributed by atoms with Gasteiger partial charge in [-0.25, -0.2) is 8.42 Å². The predicted molar refractivity (Wildman–Crippen MR) is 73.2 cm³/mol. The molecule has 0 fully saturated rings. The van der Waals surface area contributed by atoms with Crippen molar-refractivity contribution < 1.29 is 12.8 Å². The Labute approximate surface area is 114 Å². The zero-order chi connectivity index (χ0) is 13.7. The molecule has 2 rings (SSSR count). The van der Waals surface area contributed by atoms with Gasteiger partial charge in [-0.2, -0.15) is 4.31 Å². The van der Waals surface area contributed by atoms with Gasteiger partial charge in [-0.05, 0) is 31.5 Å². The third-order valence-corrected chi connectivity index (χ3v) is 4.72. The minimum absolute atomic E-state index is 0.0381. The van der Waals surface area contributed by atoms with E-state index in [0.29, 0.717) is 25.4 Å². The van der Waals surface area contributed by atoms with Crippen molar-refractivity contribution in [1.29, 1.82) is 0 Å². The van der Waals surface area contributed by atoms with Crippen LogP contribution in [0.25, 0.3) is 0 Å². The molecule has 1 aliphatic rings. The van der Waals surface area contributed by atoms with Crippen LogP contribution in [0.5, 0.6) is 0 Å². The molecule has 0 aliphatic carbocycles. The lowest BCUT2D eigenvalue weighted by Crippen LogP contribution is -2.33. The first kappa shape index (κ1) is 14.3. The highest BCUT2D eigenvalue weighted by Crippen LogP contribution is 2.20. The van der Waals surface area contributed by atoms with Crippen molar-refractivity contribution in [1.82, 2.24) is 9.62 Å². The molecule has 1 aromatic rings. The van der Waals surface area contributed by atoms with E-state index in [1.807, 2.05) is 12.2 Å². The van der Waals surface area contributed by atoms with Gasteiger partial charge in [0.25, 0.3) is 10.0 Å². The van der Waals surface area contributed by atoms with Crippen LogP contribution in [0.2, 0.25) is 0 Å². The summed E-state index contributed by atoms with van der Waals surface area (Å²) in [6.45, 7) is 4.47. The van der Waals surface area contributed by atoms with Crippen LogP contribution in [-0.2, 0) is 16.6 Å². The lowest BCUT2D eigenvalue weighted by atomic mass is 10.3. The minimum atomic E-state index is -3.48. The van der Waals surface area contributed by atoms with Gasteiger partial charge in [0.15, 0.2) is 0 Å². The monoisotopic (exact) mass is 284 g/mol. The Kier molecular flexibility index (Phi) is 4.79. The first-order valence-electron chi connectivity index (χ1n) is 6.59. The lowest BCUT2D eigenvalue weighted by molar-refractivity contribution is 0.372. The smallest absolute Gasteiger partial charge is 0.276 e. The van der Waals surface area contributed by atoms with E-state index in [9.17, 15) is 8.42 Å². The summed E-state index contributed by atoms with van der Waals surface area (Å²) in [5, 5.41) is 3.22. The summed E-state index contributed by atoms with van der Waals surface area (Å²) in [6.07, 6.45) is 5.65. The number of hydrogen-bond acceptors (Lipinski definition) is 4. The van der Waals surface area contributed by atoms with Crippen LogP contribution in [0.4, 0.5) is 0 Å². The van der Waals surface area contributed by atoms with E-state index in [1.165, 1.54) is 10.4 Å². The van der Waals surface area contributed by atoms with Crippen molar-refractivity contribution in [2.24, 2.45) is 0 Å². The normalized spacial score (nSPS) is 16.9. The summed E-state index contributed by atoms with van der Waals surface area (Å²) in [6, 6.07) is 3.26. The third-order valence-electron chi connectivity index (χ3n) is 2.98. The molecule has 0 saturated heterocycles. The maximum atomic E-state index is 12.3. The molecule has 0 amide bonds. The fourth-order valence-corrected chi connectivity index (χ4v) is 3.28. The molecular formula is C13H20N2O3S. The molecular weight excluding hydrogens is 264 g/mol. The lowest BCUT2D eigenvalue weighted by Gasteiger charge is -2.21. The van der Waals surface area contributed by atoms with Crippen molar-refractivity contribution in [2.45, 2.75) is 31.4 Å². The van der Waals surface area contributed by atoms with Gasteiger partial charge in [-0.3, -0.25) is 0 Å². The second kappa shape index (κ2) is 6.36. The van der Waals surface area contributed by atoms with E-state index >= 15 is 0 Å². The molecule has 6 heteroatoms. The van der Waals surface area contributed by atoms with Crippen molar-refractivity contribution in [3.63, 3.8) is 0 Å². The summed E-state index contributed by atoms with van der Waals surface area (Å²) in [4.78, 5) is 0. The molecule has 1 N–H and O–H groups in total. The Bertz CT molecular complexity index is 534. The molecule has 5 nitrogen and oxygen atoms in total. The number of rotatable bonds is 6. The number of sulfonamides is 1. The molecule has 19 heavy (non-hydrogen) atoms. The van der Waals surface area contributed by atoms with E-state index in [0.717, 1.165) is 19.4 Å². The zero-order valence-corrected chi connectivity index (χ0v) is 11.9. The van der Waals surface area contributed by atoms with Gasteiger partial charge in [-0.1, -0.05) is 19.1 Å². The maximum absolute atomic E-state index is 12.3. The molecule has 0 bridgehead atoms. The average Bonchev–Trinajstić information content (AvgIpc) is 2.90. The fourth-order valence-electron chi connectivity index (χ4n) is 1.95. The molecule has 0 unspecified atom stereocenters. The molecule has 0 spiro atoms. The van der Waals surface area contributed by atoms with E-state index in [4.69, 9.17) is 4.42 Å². The minimum Gasteiger partial charge on any atom is -0.447 e. The first-order valence-corrected chi connectivity index (χ1v) is 8.03. The van der Waals surface area contributed by atoms with Crippen LogP contribution in [0.15, 0.2) is 33.8 Å². The van der Waals surface area contributed by atoms with Crippen LogP contribution in [0, 0.1) is 0 Å². The van der Waals surface area contributed by atoms with E-state index < -0.39 is 10.0 Å². The highest BCUT2D eigenvalue weighted by molar-refractivity contribution is 7.89. The quantitative estimate of drug-likeness (QED) is 0.638. The van der Waals surface area contributed by atoms with Gasteiger partial charge in [-0.15, -0.1) is 0 Å². The summed E-state index contributed by atoms with van der Waals surface area (Å²) < 4.78 is 31.5. The third kappa shape index (κ3) is 3.46. The molecule has 0 radical (unpaired) electrons.